The molecule has 3 aromatic rings. The highest BCUT2D eigenvalue weighted by atomic mass is 15.4. The Hall–Kier alpha value is -2.21. The maximum atomic E-state index is 4.71. The summed E-state index contributed by atoms with van der Waals surface area (Å²) in [5, 5.41) is 8.07. The number of aromatic nitrogens is 5. The number of nitrogens with zero attached hydrogens (tertiary/aromatic N) is 5. The van der Waals surface area contributed by atoms with Crippen LogP contribution >= 0.6 is 0 Å². The normalized spacial score (nSPS) is 17.8. The molecule has 4 rings (SSSR count). The van der Waals surface area contributed by atoms with Crippen LogP contribution < -0.4 is 5.32 Å². The lowest BCUT2D eigenvalue weighted by molar-refractivity contribution is 0.354. The van der Waals surface area contributed by atoms with Crippen molar-refractivity contribution >= 4 is 11.0 Å². The lowest BCUT2D eigenvalue weighted by Gasteiger charge is -2.23. The minimum atomic E-state index is 0.424. The van der Waals surface area contributed by atoms with Crippen LogP contribution in [0.3, 0.4) is 0 Å². The number of hydrogen-bond acceptors (Lipinski definition) is 4. The van der Waals surface area contributed by atoms with Gasteiger partial charge in [0.05, 0.1) is 24.1 Å². The summed E-state index contributed by atoms with van der Waals surface area (Å²) in [5.74, 6) is 3.05. The first kappa shape index (κ1) is 13.5. The van der Waals surface area contributed by atoms with Crippen molar-refractivity contribution in [3.05, 3.63) is 41.7 Å². The van der Waals surface area contributed by atoms with Crippen LogP contribution in [0.5, 0.6) is 0 Å². The van der Waals surface area contributed by atoms with Crippen molar-refractivity contribution in [1.82, 2.24) is 29.6 Å². The SMILES string of the molecule is Cc1nc2n(n1)C[C@@H](NCc1nc3ccccc3n1C)CC2. The summed E-state index contributed by atoms with van der Waals surface area (Å²) < 4.78 is 4.20. The quantitative estimate of drug-likeness (QED) is 0.797. The zero-order chi connectivity index (χ0) is 15.1. The van der Waals surface area contributed by atoms with Gasteiger partial charge < -0.3 is 9.88 Å². The first-order valence-corrected chi connectivity index (χ1v) is 7.75. The Morgan fingerprint density at radius 3 is 3.00 bits per heavy atom. The molecule has 1 aliphatic heterocycles. The molecule has 6 nitrogen and oxygen atoms in total. The van der Waals surface area contributed by atoms with Gasteiger partial charge in [-0.2, -0.15) is 5.10 Å². The molecule has 0 bridgehead atoms. The Kier molecular flexibility index (Phi) is 3.18. The molecule has 0 spiro atoms. The highest BCUT2D eigenvalue weighted by Gasteiger charge is 2.21. The molecule has 0 aliphatic carbocycles. The molecule has 114 valence electrons. The molecule has 2 aromatic heterocycles. The maximum absolute atomic E-state index is 4.71. The van der Waals surface area contributed by atoms with E-state index in [4.69, 9.17) is 4.98 Å². The van der Waals surface area contributed by atoms with E-state index >= 15 is 0 Å². The molecule has 0 radical (unpaired) electrons. The molecule has 1 atom stereocenters. The van der Waals surface area contributed by atoms with E-state index < -0.39 is 0 Å². The summed E-state index contributed by atoms with van der Waals surface area (Å²) in [6.45, 7) is 3.62. The number of aryl methyl sites for hydroxylation is 3. The molecule has 22 heavy (non-hydrogen) atoms. The van der Waals surface area contributed by atoms with Crippen LogP contribution in [-0.4, -0.2) is 30.4 Å². The second kappa shape index (κ2) is 5.21. The van der Waals surface area contributed by atoms with Crippen molar-refractivity contribution in [3.63, 3.8) is 0 Å². The molecule has 1 N–H and O–H groups in total. The fraction of sp³-hybridized carbons (Fsp3) is 0.438. The van der Waals surface area contributed by atoms with Gasteiger partial charge >= 0.3 is 0 Å². The molecule has 0 fully saturated rings. The van der Waals surface area contributed by atoms with Crippen molar-refractivity contribution in [2.45, 2.75) is 38.9 Å². The largest absolute Gasteiger partial charge is 0.330 e. The van der Waals surface area contributed by atoms with E-state index in [1.165, 1.54) is 5.52 Å². The number of benzene rings is 1. The minimum Gasteiger partial charge on any atom is -0.330 e. The number of imidazole rings is 1. The number of rotatable bonds is 3. The first-order valence-electron chi connectivity index (χ1n) is 7.75. The fourth-order valence-electron chi connectivity index (χ4n) is 3.19. The van der Waals surface area contributed by atoms with E-state index in [-0.39, 0.29) is 0 Å². The average molecular weight is 296 g/mol. The van der Waals surface area contributed by atoms with Crippen LogP contribution in [0.15, 0.2) is 24.3 Å². The third-order valence-electron chi connectivity index (χ3n) is 4.39. The Bertz CT molecular complexity index is 815. The minimum absolute atomic E-state index is 0.424. The third kappa shape index (κ3) is 2.29. The Labute approximate surface area is 129 Å². The highest BCUT2D eigenvalue weighted by Crippen LogP contribution is 2.16. The van der Waals surface area contributed by atoms with Crippen molar-refractivity contribution in [1.29, 1.82) is 0 Å². The van der Waals surface area contributed by atoms with E-state index in [0.29, 0.717) is 6.04 Å². The van der Waals surface area contributed by atoms with Gasteiger partial charge in [0.25, 0.3) is 0 Å². The average Bonchev–Trinajstić information content (AvgIpc) is 3.04. The molecular formula is C16H20N6. The molecule has 0 unspecified atom stereocenters. The van der Waals surface area contributed by atoms with Crippen LogP contribution in [0.1, 0.15) is 23.9 Å². The maximum Gasteiger partial charge on any atom is 0.147 e. The molecular weight excluding hydrogens is 276 g/mol. The predicted octanol–water partition coefficient (Wildman–Crippen LogP) is 1.58. The summed E-state index contributed by atoms with van der Waals surface area (Å²) in [4.78, 5) is 9.17. The van der Waals surface area contributed by atoms with E-state index in [0.717, 1.165) is 48.9 Å². The van der Waals surface area contributed by atoms with Crippen LogP contribution in [0.2, 0.25) is 0 Å². The fourth-order valence-corrected chi connectivity index (χ4v) is 3.19. The van der Waals surface area contributed by atoms with Gasteiger partial charge in [0.15, 0.2) is 0 Å². The molecule has 0 saturated heterocycles. The predicted molar refractivity (Wildman–Crippen MR) is 84.4 cm³/mol. The molecule has 1 aromatic carbocycles. The molecule has 1 aliphatic rings. The smallest absolute Gasteiger partial charge is 0.147 e. The van der Waals surface area contributed by atoms with Gasteiger partial charge in [-0.05, 0) is 25.5 Å². The number of hydrogen-bond donors (Lipinski definition) is 1. The van der Waals surface area contributed by atoms with Gasteiger partial charge in [0.2, 0.25) is 0 Å². The highest BCUT2D eigenvalue weighted by molar-refractivity contribution is 5.75. The Morgan fingerprint density at radius 2 is 2.14 bits per heavy atom. The van der Waals surface area contributed by atoms with Gasteiger partial charge in [-0.15, -0.1) is 0 Å². The van der Waals surface area contributed by atoms with E-state index in [9.17, 15) is 0 Å². The van der Waals surface area contributed by atoms with Crippen molar-refractivity contribution in [3.8, 4) is 0 Å². The van der Waals surface area contributed by atoms with Crippen LogP contribution in [-0.2, 0) is 26.6 Å². The molecule has 0 saturated carbocycles. The van der Waals surface area contributed by atoms with Crippen molar-refractivity contribution < 1.29 is 0 Å². The standard InChI is InChI=1S/C16H20N6/c1-11-18-15-8-7-12(10-22(15)20-11)17-9-16-19-13-5-3-4-6-14(13)21(16)2/h3-6,12,17H,7-10H2,1-2H3/t12-/m0/s1. The Morgan fingerprint density at radius 1 is 1.27 bits per heavy atom. The lowest BCUT2D eigenvalue weighted by Crippen LogP contribution is -2.37. The monoisotopic (exact) mass is 296 g/mol. The van der Waals surface area contributed by atoms with Crippen molar-refractivity contribution in [2.75, 3.05) is 0 Å². The molecule has 6 heteroatoms. The van der Waals surface area contributed by atoms with Gasteiger partial charge in [0, 0.05) is 19.5 Å². The zero-order valence-corrected chi connectivity index (χ0v) is 13.0. The van der Waals surface area contributed by atoms with Gasteiger partial charge in [0.1, 0.15) is 17.5 Å². The third-order valence-corrected chi connectivity index (χ3v) is 4.39. The topological polar surface area (TPSA) is 60.6 Å². The number of nitrogens with one attached hydrogen (secondary N) is 1. The second-order valence-corrected chi connectivity index (χ2v) is 5.95. The van der Waals surface area contributed by atoms with Crippen LogP contribution in [0.4, 0.5) is 0 Å². The molecule has 3 heterocycles. The van der Waals surface area contributed by atoms with E-state index in [1.54, 1.807) is 0 Å². The van der Waals surface area contributed by atoms with Gasteiger partial charge in [-0.1, -0.05) is 12.1 Å². The summed E-state index contributed by atoms with van der Waals surface area (Å²) in [6, 6.07) is 8.67. The summed E-state index contributed by atoms with van der Waals surface area (Å²) in [7, 11) is 2.08. The zero-order valence-electron chi connectivity index (χ0n) is 13.0. The number of para-hydroxylation sites is 2. The second-order valence-electron chi connectivity index (χ2n) is 5.95. The van der Waals surface area contributed by atoms with Crippen molar-refractivity contribution in [2.24, 2.45) is 7.05 Å². The lowest BCUT2D eigenvalue weighted by atomic mass is 10.1. The summed E-state index contributed by atoms with van der Waals surface area (Å²) >= 11 is 0. The van der Waals surface area contributed by atoms with Crippen LogP contribution in [0.25, 0.3) is 11.0 Å². The first-order chi connectivity index (χ1) is 10.7. The Balaban J connectivity index is 1.47. The number of fused-ring (bicyclic) bond motifs is 2. The molecule has 0 amide bonds. The van der Waals surface area contributed by atoms with Gasteiger partial charge in [-0.25, -0.2) is 14.6 Å². The van der Waals surface area contributed by atoms with E-state index in [1.807, 2.05) is 17.7 Å². The van der Waals surface area contributed by atoms with Crippen LogP contribution in [0, 0.1) is 6.92 Å². The summed E-state index contributed by atoms with van der Waals surface area (Å²) in [5.41, 5.74) is 2.23. The summed E-state index contributed by atoms with van der Waals surface area (Å²) in [6.07, 6.45) is 2.09. The van der Waals surface area contributed by atoms with Gasteiger partial charge in [-0.3, -0.25) is 0 Å². The van der Waals surface area contributed by atoms with E-state index in [2.05, 4.69) is 45.2 Å².